The van der Waals surface area contributed by atoms with E-state index in [4.69, 9.17) is 42.1 Å². The largest absolute Gasteiger partial charge is 0.493 e. The third kappa shape index (κ3) is 8.21. The fourth-order valence-electron chi connectivity index (χ4n) is 4.26. The van der Waals surface area contributed by atoms with Crippen molar-refractivity contribution in [2.24, 2.45) is 5.10 Å². The molecule has 13 heteroatoms. The predicted molar refractivity (Wildman–Crippen MR) is 165 cm³/mol. The normalized spacial score (nSPS) is 14.5. The number of para-hydroxylation sites is 1. The number of rotatable bonds is 12. The maximum Gasteiger partial charge on any atom is 0.338 e. The molecule has 1 heterocycles. The minimum atomic E-state index is -0.778. The Morgan fingerprint density at radius 1 is 1.00 bits per heavy atom. The Morgan fingerprint density at radius 3 is 2.55 bits per heavy atom. The van der Waals surface area contributed by atoms with E-state index in [-0.39, 0.29) is 31.1 Å². The molecule has 3 aromatic rings. The molecule has 4 rings (SSSR count). The highest BCUT2D eigenvalue weighted by atomic mass is 35.5. The van der Waals surface area contributed by atoms with Crippen molar-refractivity contribution < 1.29 is 33.3 Å². The van der Waals surface area contributed by atoms with Crippen molar-refractivity contribution in [2.75, 3.05) is 20.3 Å². The van der Waals surface area contributed by atoms with Crippen molar-refractivity contribution >= 4 is 47.3 Å². The minimum absolute atomic E-state index is 0.179. The van der Waals surface area contributed by atoms with E-state index in [0.29, 0.717) is 38.4 Å². The van der Waals surface area contributed by atoms with Crippen LogP contribution in [-0.2, 0) is 20.9 Å². The molecular weight excluding hydrogens is 611 g/mol. The fourth-order valence-corrected chi connectivity index (χ4v) is 4.59. The standard InChI is InChI=1S/C31H30Cl2N4O7/c1-4-42-30(39)28-18(2)35-31(40)36-29(28)20-10-12-25(26(14-20)41-3)44-17-27(38)37-34-15-21-7-5-6-8-24(21)43-16-19-9-11-22(32)23(33)13-19/h5-15,29H,4,16-17H2,1-3H3,(H,37,38)(H2,35,36,40)/b34-15-/t29-/m0/s1. The van der Waals surface area contributed by atoms with E-state index in [9.17, 15) is 14.4 Å². The molecule has 230 valence electrons. The summed E-state index contributed by atoms with van der Waals surface area (Å²) in [5.41, 5.74) is 5.11. The summed E-state index contributed by atoms with van der Waals surface area (Å²) in [7, 11) is 1.44. The molecule has 0 radical (unpaired) electrons. The topological polar surface area (TPSA) is 137 Å². The van der Waals surface area contributed by atoms with Crippen molar-refractivity contribution in [3.8, 4) is 17.2 Å². The van der Waals surface area contributed by atoms with Crippen LogP contribution in [0.15, 0.2) is 77.0 Å². The molecule has 3 amide bonds. The van der Waals surface area contributed by atoms with Gasteiger partial charge in [0.15, 0.2) is 18.1 Å². The van der Waals surface area contributed by atoms with Gasteiger partial charge >= 0.3 is 12.0 Å². The molecule has 3 N–H and O–H groups in total. The molecule has 1 aliphatic heterocycles. The molecule has 1 aliphatic rings. The van der Waals surface area contributed by atoms with E-state index >= 15 is 0 Å². The molecule has 11 nitrogen and oxygen atoms in total. The summed E-state index contributed by atoms with van der Waals surface area (Å²) in [6.07, 6.45) is 1.46. The minimum Gasteiger partial charge on any atom is -0.493 e. The first kappa shape index (κ1) is 32.2. The van der Waals surface area contributed by atoms with Gasteiger partial charge in [-0.2, -0.15) is 5.10 Å². The van der Waals surface area contributed by atoms with Gasteiger partial charge in [0.1, 0.15) is 12.4 Å². The molecule has 0 unspecified atom stereocenters. The number of hydrogen-bond donors (Lipinski definition) is 3. The lowest BCUT2D eigenvalue weighted by Crippen LogP contribution is -2.45. The second-order valence-corrected chi connectivity index (χ2v) is 10.2. The van der Waals surface area contributed by atoms with Crippen molar-refractivity contribution in [2.45, 2.75) is 26.5 Å². The van der Waals surface area contributed by atoms with Crippen LogP contribution in [0.2, 0.25) is 10.0 Å². The van der Waals surface area contributed by atoms with Gasteiger partial charge in [-0.1, -0.05) is 47.5 Å². The predicted octanol–water partition coefficient (Wildman–Crippen LogP) is 5.30. The molecule has 0 saturated carbocycles. The molecule has 44 heavy (non-hydrogen) atoms. The van der Waals surface area contributed by atoms with Crippen LogP contribution in [0.3, 0.4) is 0 Å². The monoisotopic (exact) mass is 640 g/mol. The van der Waals surface area contributed by atoms with Crippen LogP contribution in [0, 0.1) is 0 Å². The highest BCUT2D eigenvalue weighted by Crippen LogP contribution is 2.34. The van der Waals surface area contributed by atoms with Crippen LogP contribution >= 0.6 is 23.2 Å². The van der Waals surface area contributed by atoms with Gasteiger partial charge in [-0.25, -0.2) is 15.0 Å². The van der Waals surface area contributed by atoms with Gasteiger partial charge in [-0.05, 0) is 61.4 Å². The van der Waals surface area contributed by atoms with E-state index in [1.165, 1.54) is 13.3 Å². The Morgan fingerprint density at radius 2 is 1.80 bits per heavy atom. The summed E-state index contributed by atoms with van der Waals surface area (Å²) < 4.78 is 22.2. The van der Waals surface area contributed by atoms with Crippen LogP contribution in [0.1, 0.15) is 36.6 Å². The highest BCUT2D eigenvalue weighted by molar-refractivity contribution is 6.42. The SMILES string of the molecule is CCOC(=O)C1=C(C)NC(=O)N[C@H]1c1ccc(OCC(=O)N/N=C\c2ccccc2OCc2ccc(Cl)c(Cl)c2)c(OC)c1. The average molecular weight is 642 g/mol. The number of esters is 1. The Hall–Kier alpha value is -4.74. The third-order valence-corrected chi connectivity index (χ3v) is 7.07. The number of urea groups is 1. The highest BCUT2D eigenvalue weighted by Gasteiger charge is 2.32. The number of amides is 3. The lowest BCUT2D eigenvalue weighted by molar-refractivity contribution is -0.139. The van der Waals surface area contributed by atoms with Crippen LogP contribution in [-0.4, -0.2) is 44.4 Å². The second-order valence-electron chi connectivity index (χ2n) is 9.36. The molecular formula is C31H30Cl2N4O7. The van der Waals surface area contributed by atoms with Gasteiger partial charge in [0.25, 0.3) is 5.91 Å². The van der Waals surface area contributed by atoms with Gasteiger partial charge in [0.2, 0.25) is 0 Å². The zero-order valence-electron chi connectivity index (χ0n) is 24.1. The average Bonchev–Trinajstić information content (AvgIpc) is 3.00. The van der Waals surface area contributed by atoms with Crippen molar-refractivity contribution in [1.29, 1.82) is 0 Å². The number of carbonyl (C=O) groups excluding carboxylic acids is 3. The van der Waals surface area contributed by atoms with Crippen molar-refractivity contribution in [3.05, 3.63) is 98.7 Å². The number of hydrogen-bond acceptors (Lipinski definition) is 8. The van der Waals surface area contributed by atoms with Gasteiger partial charge < -0.3 is 29.6 Å². The Balaban J connectivity index is 1.37. The number of methoxy groups -OCH3 is 1. The molecule has 0 aliphatic carbocycles. The summed E-state index contributed by atoms with van der Waals surface area (Å²) in [6, 6.07) is 16.1. The fraction of sp³-hybridized carbons (Fsp3) is 0.226. The number of hydrazone groups is 1. The molecule has 1 atom stereocenters. The molecule has 0 fully saturated rings. The maximum atomic E-state index is 12.6. The quantitative estimate of drug-likeness (QED) is 0.139. The van der Waals surface area contributed by atoms with E-state index in [1.54, 1.807) is 56.3 Å². The maximum absolute atomic E-state index is 12.6. The lowest BCUT2D eigenvalue weighted by Gasteiger charge is -2.28. The number of nitrogens with one attached hydrogen (secondary N) is 3. The summed E-state index contributed by atoms with van der Waals surface area (Å²) in [5.74, 6) is 0.0457. The van der Waals surface area contributed by atoms with Crippen LogP contribution in [0.5, 0.6) is 17.2 Å². The number of allylic oxidation sites excluding steroid dienone is 1. The number of carbonyl (C=O) groups is 3. The Labute approximate surface area is 264 Å². The van der Waals surface area contributed by atoms with Gasteiger partial charge in [0.05, 0.1) is 41.6 Å². The number of ether oxygens (including phenoxy) is 4. The van der Waals surface area contributed by atoms with Gasteiger partial charge in [0, 0.05) is 11.3 Å². The van der Waals surface area contributed by atoms with Crippen molar-refractivity contribution in [1.82, 2.24) is 16.1 Å². The summed E-state index contributed by atoms with van der Waals surface area (Å²) >= 11 is 12.1. The van der Waals surface area contributed by atoms with E-state index in [2.05, 4.69) is 21.2 Å². The summed E-state index contributed by atoms with van der Waals surface area (Å²) in [5, 5.41) is 10.2. The van der Waals surface area contributed by atoms with E-state index < -0.39 is 23.9 Å². The Bertz CT molecular complexity index is 1610. The first-order valence-corrected chi connectivity index (χ1v) is 14.2. The van der Waals surface area contributed by atoms with Crippen LogP contribution in [0.4, 0.5) is 4.79 Å². The van der Waals surface area contributed by atoms with Crippen molar-refractivity contribution in [3.63, 3.8) is 0 Å². The van der Waals surface area contributed by atoms with E-state index in [0.717, 1.165) is 5.56 Å². The van der Waals surface area contributed by atoms with Gasteiger partial charge in [-0.3, -0.25) is 4.79 Å². The van der Waals surface area contributed by atoms with Crippen LogP contribution < -0.4 is 30.3 Å². The zero-order chi connectivity index (χ0) is 31.6. The molecule has 0 aromatic heterocycles. The zero-order valence-corrected chi connectivity index (χ0v) is 25.6. The smallest absolute Gasteiger partial charge is 0.338 e. The summed E-state index contributed by atoms with van der Waals surface area (Å²) in [4.78, 5) is 37.2. The second kappa shape index (κ2) is 15.1. The molecule has 3 aromatic carbocycles. The first-order chi connectivity index (χ1) is 21.2. The van der Waals surface area contributed by atoms with Crippen LogP contribution in [0.25, 0.3) is 0 Å². The molecule has 0 spiro atoms. The number of benzene rings is 3. The number of nitrogens with zero attached hydrogens (tertiary/aromatic N) is 1. The lowest BCUT2D eigenvalue weighted by atomic mass is 9.95. The Kier molecular flexibility index (Phi) is 11.1. The third-order valence-electron chi connectivity index (χ3n) is 6.33. The summed E-state index contributed by atoms with van der Waals surface area (Å²) in [6.45, 7) is 3.39. The van der Waals surface area contributed by atoms with E-state index in [1.807, 2.05) is 18.2 Å². The van der Waals surface area contributed by atoms with Gasteiger partial charge in [-0.15, -0.1) is 0 Å². The number of halogens is 2. The first-order valence-electron chi connectivity index (χ1n) is 13.4. The molecule has 0 saturated heterocycles. The molecule has 0 bridgehead atoms.